The smallest absolute Gasteiger partial charge is 0.0541 e. The van der Waals surface area contributed by atoms with E-state index in [4.69, 9.17) is 0 Å². The van der Waals surface area contributed by atoms with Crippen LogP contribution in [0.25, 0.3) is 93.5 Å². The lowest BCUT2D eigenvalue weighted by atomic mass is 9.92. The lowest BCUT2D eigenvalue weighted by molar-refractivity contribution is 1.18. The molecule has 1 heterocycles. The second-order valence-electron chi connectivity index (χ2n) is 16.4. The predicted octanol–water partition coefficient (Wildman–Crippen LogP) is 17.2. The highest BCUT2D eigenvalue weighted by Crippen LogP contribution is 2.46. The van der Waals surface area contributed by atoms with Gasteiger partial charge in [-0.15, -0.1) is 0 Å². The van der Waals surface area contributed by atoms with Crippen molar-refractivity contribution in [3.63, 3.8) is 0 Å². The van der Waals surface area contributed by atoms with Crippen LogP contribution in [0, 0.1) is 0 Å². The maximum atomic E-state index is 2.45. The highest BCUT2D eigenvalue weighted by atomic mass is 15.1. The minimum atomic E-state index is 1.08. The molecule has 0 aliphatic heterocycles. The number of hydrogen-bond acceptors (Lipinski definition) is 1. The molecule has 0 bridgehead atoms. The molecule has 0 N–H and O–H groups in total. The fourth-order valence-electron chi connectivity index (χ4n) is 9.86. The Bertz CT molecular complexity index is 3600. The minimum absolute atomic E-state index is 1.08. The maximum Gasteiger partial charge on any atom is 0.0541 e. The van der Waals surface area contributed by atoms with Crippen LogP contribution in [0.5, 0.6) is 0 Å². The normalized spacial score (nSPS) is 11.4. The van der Waals surface area contributed by atoms with E-state index in [1.165, 1.54) is 71.2 Å². The van der Waals surface area contributed by atoms with Crippen LogP contribution in [-0.4, -0.2) is 4.57 Å². The molecule has 2 heteroatoms. The molecule has 11 aromatic carbocycles. The zero-order valence-corrected chi connectivity index (χ0v) is 35.1. The summed E-state index contributed by atoms with van der Waals surface area (Å²) in [6.07, 6.45) is 0. The van der Waals surface area contributed by atoms with Crippen LogP contribution in [0.3, 0.4) is 0 Å². The lowest BCUT2D eigenvalue weighted by Crippen LogP contribution is -2.12. The molecule has 0 fully saturated rings. The molecule has 0 radical (unpaired) electrons. The molecule has 0 saturated heterocycles. The summed E-state index contributed by atoms with van der Waals surface area (Å²) in [6, 6.07) is 92.7. The van der Waals surface area contributed by atoms with Crippen molar-refractivity contribution in [1.29, 1.82) is 0 Å². The monoisotopic (exact) mass is 814 g/mol. The van der Waals surface area contributed by atoms with E-state index in [9.17, 15) is 0 Å². The van der Waals surface area contributed by atoms with Gasteiger partial charge in [-0.3, -0.25) is 0 Å². The van der Waals surface area contributed by atoms with E-state index in [2.05, 4.69) is 264 Å². The van der Waals surface area contributed by atoms with E-state index in [0.717, 1.165) is 39.4 Å². The van der Waals surface area contributed by atoms with Crippen molar-refractivity contribution in [1.82, 2.24) is 4.57 Å². The Morgan fingerprint density at radius 3 is 1.41 bits per heavy atom. The highest BCUT2D eigenvalue weighted by molar-refractivity contribution is 6.10. The van der Waals surface area contributed by atoms with E-state index >= 15 is 0 Å². The van der Waals surface area contributed by atoms with Gasteiger partial charge in [0.2, 0.25) is 0 Å². The van der Waals surface area contributed by atoms with Gasteiger partial charge in [0, 0.05) is 33.0 Å². The number of aromatic nitrogens is 1. The molecule has 0 unspecified atom stereocenters. The fraction of sp³-hybridized carbons (Fsp3) is 0. The zero-order chi connectivity index (χ0) is 42.4. The number of rotatable bonds is 8. The van der Waals surface area contributed by atoms with E-state index < -0.39 is 0 Å². The molecule has 12 aromatic rings. The van der Waals surface area contributed by atoms with Crippen molar-refractivity contribution in [2.45, 2.75) is 0 Å². The van der Waals surface area contributed by atoms with Crippen molar-refractivity contribution in [3.8, 4) is 50.2 Å². The van der Waals surface area contributed by atoms with Crippen molar-refractivity contribution < 1.29 is 0 Å². The summed E-state index contributed by atoms with van der Waals surface area (Å²) < 4.78 is 2.43. The van der Waals surface area contributed by atoms with Crippen LogP contribution in [0.15, 0.2) is 255 Å². The number of anilines is 3. The van der Waals surface area contributed by atoms with Gasteiger partial charge in [-0.1, -0.05) is 206 Å². The van der Waals surface area contributed by atoms with Gasteiger partial charge in [-0.25, -0.2) is 0 Å². The standard InChI is InChI=1S/C62H42N2/c1-3-18-43(19-4-1)49-39-40-50(54-27-10-9-26-53(49)54)46-34-37-48(38-35-46)63(58-33-17-23-44-22-7-8-24-51(44)58)62-41-36-47(42-57(62)45-20-5-2-6-21-45)52-25-11-14-30-59(52)64-60-31-15-12-28-55(60)56-29-13-16-32-61(56)64/h1-42H. The fourth-order valence-corrected chi connectivity index (χ4v) is 9.86. The summed E-state index contributed by atoms with van der Waals surface area (Å²) in [6.45, 7) is 0. The lowest BCUT2D eigenvalue weighted by Gasteiger charge is -2.30. The third-order valence-electron chi connectivity index (χ3n) is 12.8. The number of hydrogen-bond donors (Lipinski definition) is 0. The Morgan fingerprint density at radius 2 is 0.750 bits per heavy atom. The molecule has 0 saturated carbocycles. The van der Waals surface area contributed by atoms with Crippen molar-refractivity contribution in [2.75, 3.05) is 4.90 Å². The maximum absolute atomic E-state index is 2.45. The first-order valence-corrected chi connectivity index (χ1v) is 22.0. The summed E-state index contributed by atoms with van der Waals surface area (Å²) >= 11 is 0. The summed E-state index contributed by atoms with van der Waals surface area (Å²) in [5.74, 6) is 0. The van der Waals surface area contributed by atoms with E-state index in [-0.39, 0.29) is 0 Å². The summed E-state index contributed by atoms with van der Waals surface area (Å²) in [4.78, 5) is 2.45. The van der Waals surface area contributed by atoms with Crippen LogP contribution >= 0.6 is 0 Å². The molecule has 2 nitrogen and oxygen atoms in total. The Balaban J connectivity index is 1.04. The Kier molecular flexibility index (Phi) is 9.20. The molecule has 0 atom stereocenters. The third kappa shape index (κ3) is 6.35. The SMILES string of the molecule is c1ccc(-c2cc(-c3ccccc3-n3c4ccccc4c4ccccc43)ccc2N(c2ccc(-c3ccc(-c4ccccc4)c4ccccc34)cc2)c2cccc3ccccc23)cc1. The highest BCUT2D eigenvalue weighted by Gasteiger charge is 2.22. The molecular weight excluding hydrogens is 773 g/mol. The number of fused-ring (bicyclic) bond motifs is 5. The van der Waals surface area contributed by atoms with Crippen molar-refractivity contribution in [2.24, 2.45) is 0 Å². The Labute approximate surface area is 373 Å². The van der Waals surface area contributed by atoms with Crippen LogP contribution in [0.1, 0.15) is 0 Å². The largest absolute Gasteiger partial charge is 0.309 e. The van der Waals surface area contributed by atoms with Crippen LogP contribution in [0.2, 0.25) is 0 Å². The summed E-state index contributed by atoms with van der Waals surface area (Å²) in [5, 5.41) is 7.39. The molecule has 0 amide bonds. The molecule has 12 rings (SSSR count). The van der Waals surface area contributed by atoms with Crippen LogP contribution in [-0.2, 0) is 0 Å². The van der Waals surface area contributed by atoms with E-state index in [0.29, 0.717) is 0 Å². The molecule has 1 aromatic heterocycles. The van der Waals surface area contributed by atoms with Gasteiger partial charge < -0.3 is 9.47 Å². The van der Waals surface area contributed by atoms with Crippen LogP contribution in [0.4, 0.5) is 17.1 Å². The van der Waals surface area contributed by atoms with Gasteiger partial charge in [0.15, 0.2) is 0 Å². The minimum Gasteiger partial charge on any atom is -0.309 e. The summed E-state index contributed by atoms with van der Waals surface area (Å²) in [5.41, 5.74) is 16.3. The van der Waals surface area contributed by atoms with Crippen molar-refractivity contribution in [3.05, 3.63) is 255 Å². The second-order valence-corrected chi connectivity index (χ2v) is 16.4. The Hall–Kier alpha value is -8.46. The number of benzene rings is 11. The molecular formula is C62H42N2. The first-order valence-electron chi connectivity index (χ1n) is 22.0. The average Bonchev–Trinajstić information content (AvgIpc) is 3.71. The van der Waals surface area contributed by atoms with Crippen LogP contribution < -0.4 is 4.90 Å². The topological polar surface area (TPSA) is 8.17 Å². The molecule has 64 heavy (non-hydrogen) atoms. The third-order valence-corrected chi connectivity index (χ3v) is 12.8. The van der Waals surface area contributed by atoms with Gasteiger partial charge in [0.25, 0.3) is 0 Å². The first-order chi connectivity index (χ1) is 31.8. The molecule has 300 valence electrons. The average molecular weight is 815 g/mol. The predicted molar refractivity (Wildman–Crippen MR) is 272 cm³/mol. The number of nitrogens with zero attached hydrogens (tertiary/aromatic N) is 2. The van der Waals surface area contributed by atoms with Gasteiger partial charge in [-0.2, -0.15) is 0 Å². The van der Waals surface area contributed by atoms with Crippen molar-refractivity contribution >= 4 is 60.4 Å². The molecule has 0 aliphatic carbocycles. The summed E-state index contributed by atoms with van der Waals surface area (Å²) in [7, 11) is 0. The van der Waals surface area contributed by atoms with Gasteiger partial charge >= 0.3 is 0 Å². The quantitative estimate of drug-likeness (QED) is 0.148. The number of para-hydroxylation sites is 3. The van der Waals surface area contributed by atoms with E-state index in [1.54, 1.807) is 0 Å². The van der Waals surface area contributed by atoms with Gasteiger partial charge in [0.05, 0.1) is 28.1 Å². The van der Waals surface area contributed by atoms with Gasteiger partial charge in [0.1, 0.15) is 0 Å². The zero-order valence-electron chi connectivity index (χ0n) is 35.1. The molecule has 0 aliphatic rings. The van der Waals surface area contributed by atoms with E-state index in [1.807, 2.05) is 0 Å². The first kappa shape index (κ1) is 37.3. The Morgan fingerprint density at radius 1 is 0.266 bits per heavy atom. The van der Waals surface area contributed by atoms with Gasteiger partial charge in [-0.05, 0) is 98.1 Å². The second kappa shape index (κ2) is 15.8. The molecule has 0 spiro atoms.